The highest BCUT2D eigenvalue weighted by atomic mass is 35.5. The van der Waals surface area contributed by atoms with Gasteiger partial charge in [0.25, 0.3) is 0 Å². The number of fused-ring (bicyclic) bond motifs is 1. The van der Waals surface area contributed by atoms with Gasteiger partial charge in [-0.05, 0) is 41.5 Å². The summed E-state index contributed by atoms with van der Waals surface area (Å²) in [6.45, 7) is 3.24. The molecule has 0 atom stereocenters. The quantitative estimate of drug-likeness (QED) is 0.793. The molecule has 0 saturated carbocycles. The minimum atomic E-state index is 0. The number of halogens is 2. The minimum absolute atomic E-state index is 0. The van der Waals surface area contributed by atoms with Gasteiger partial charge in [-0.15, -0.1) is 23.7 Å². The van der Waals surface area contributed by atoms with Crippen LogP contribution >= 0.6 is 35.3 Å². The second kappa shape index (κ2) is 6.76. The van der Waals surface area contributed by atoms with Crippen molar-refractivity contribution in [1.29, 1.82) is 0 Å². The van der Waals surface area contributed by atoms with Crippen LogP contribution in [0.2, 0.25) is 5.02 Å². The van der Waals surface area contributed by atoms with Crippen LogP contribution in [0.15, 0.2) is 35.7 Å². The number of benzene rings is 1. The van der Waals surface area contributed by atoms with Crippen LogP contribution in [0.5, 0.6) is 0 Å². The smallest absolute Gasteiger partial charge is 0.0451 e. The summed E-state index contributed by atoms with van der Waals surface area (Å²) in [5.41, 5.74) is 2.78. The maximum atomic E-state index is 6.23. The molecule has 0 unspecified atom stereocenters. The van der Waals surface area contributed by atoms with E-state index in [-0.39, 0.29) is 12.4 Å². The normalized spacial score (nSPS) is 15.4. The van der Waals surface area contributed by atoms with Gasteiger partial charge in [-0.2, -0.15) is 0 Å². The van der Waals surface area contributed by atoms with Crippen molar-refractivity contribution in [3.05, 3.63) is 56.7 Å². The molecule has 1 aromatic carbocycles. The summed E-state index contributed by atoms with van der Waals surface area (Å²) in [6, 6.07) is 10.4. The minimum Gasteiger partial charge on any atom is -0.298 e. The van der Waals surface area contributed by atoms with E-state index in [1.54, 1.807) is 10.4 Å². The highest BCUT2D eigenvalue weighted by Crippen LogP contribution is 2.23. The molecule has 3 rings (SSSR count). The van der Waals surface area contributed by atoms with Crippen LogP contribution in [0.1, 0.15) is 16.0 Å². The van der Waals surface area contributed by atoms with E-state index in [4.69, 9.17) is 11.6 Å². The molecular formula is C15H17Cl2NS. The Kier molecular flexibility index (Phi) is 5.28. The average Bonchev–Trinajstić information content (AvgIpc) is 2.75. The number of hydrogen-bond acceptors (Lipinski definition) is 2. The SMILES string of the molecule is Cl.Clc1ccccc1CN1CCc2ccsc2CC1. The summed E-state index contributed by atoms with van der Waals surface area (Å²) >= 11 is 8.13. The Morgan fingerprint density at radius 1 is 1.11 bits per heavy atom. The second-order valence-corrected chi connectivity index (χ2v) is 6.14. The Morgan fingerprint density at radius 2 is 1.89 bits per heavy atom. The molecule has 2 heterocycles. The average molecular weight is 314 g/mol. The van der Waals surface area contributed by atoms with Gasteiger partial charge in [0.1, 0.15) is 0 Å². The molecule has 0 aliphatic carbocycles. The number of nitrogens with zero attached hydrogens (tertiary/aromatic N) is 1. The lowest BCUT2D eigenvalue weighted by Crippen LogP contribution is -2.26. The van der Waals surface area contributed by atoms with Crippen LogP contribution in [0.4, 0.5) is 0 Å². The molecule has 0 amide bonds. The summed E-state index contributed by atoms with van der Waals surface area (Å²) in [6.07, 6.45) is 2.35. The van der Waals surface area contributed by atoms with E-state index in [9.17, 15) is 0 Å². The second-order valence-electron chi connectivity index (χ2n) is 4.74. The third kappa shape index (κ3) is 3.51. The lowest BCUT2D eigenvalue weighted by molar-refractivity contribution is 0.279. The first kappa shape index (κ1) is 14.9. The molecule has 0 N–H and O–H groups in total. The molecule has 19 heavy (non-hydrogen) atoms. The van der Waals surface area contributed by atoms with Gasteiger partial charge >= 0.3 is 0 Å². The van der Waals surface area contributed by atoms with Gasteiger partial charge in [0, 0.05) is 29.5 Å². The van der Waals surface area contributed by atoms with Gasteiger partial charge < -0.3 is 0 Å². The molecule has 2 aromatic rings. The fraction of sp³-hybridized carbons (Fsp3) is 0.333. The van der Waals surface area contributed by atoms with Crippen LogP contribution < -0.4 is 0 Å². The van der Waals surface area contributed by atoms with Crippen molar-refractivity contribution in [3.8, 4) is 0 Å². The molecule has 4 heteroatoms. The van der Waals surface area contributed by atoms with E-state index < -0.39 is 0 Å². The largest absolute Gasteiger partial charge is 0.298 e. The van der Waals surface area contributed by atoms with Crippen LogP contribution in [-0.4, -0.2) is 18.0 Å². The van der Waals surface area contributed by atoms with Gasteiger partial charge in [-0.25, -0.2) is 0 Å². The zero-order valence-corrected chi connectivity index (χ0v) is 13.0. The molecule has 1 aliphatic heterocycles. The summed E-state index contributed by atoms with van der Waals surface area (Å²) in [5.74, 6) is 0. The molecule has 0 bridgehead atoms. The molecule has 1 nitrogen and oxygen atoms in total. The summed E-state index contributed by atoms with van der Waals surface area (Å²) in [4.78, 5) is 4.07. The number of hydrogen-bond donors (Lipinski definition) is 0. The Morgan fingerprint density at radius 3 is 2.74 bits per heavy atom. The number of thiophene rings is 1. The summed E-state index contributed by atoms with van der Waals surface area (Å²) in [7, 11) is 0. The third-order valence-electron chi connectivity index (χ3n) is 3.54. The molecule has 0 fully saturated rings. The Bertz CT molecular complexity index is 516. The van der Waals surface area contributed by atoms with Crippen molar-refractivity contribution in [2.45, 2.75) is 19.4 Å². The summed E-state index contributed by atoms with van der Waals surface area (Å²) in [5, 5.41) is 3.10. The fourth-order valence-electron chi connectivity index (χ4n) is 2.48. The first-order chi connectivity index (χ1) is 8.83. The van der Waals surface area contributed by atoms with Crippen molar-refractivity contribution in [2.24, 2.45) is 0 Å². The topological polar surface area (TPSA) is 3.24 Å². The molecular weight excluding hydrogens is 297 g/mol. The standard InChI is InChI=1S/C15H16ClNS.ClH/c16-14-4-2-1-3-13(14)11-17-8-5-12-7-10-18-15(12)6-9-17;/h1-4,7,10H,5-6,8-9,11H2;1H. The molecule has 1 aromatic heterocycles. The van der Waals surface area contributed by atoms with E-state index >= 15 is 0 Å². The Balaban J connectivity index is 0.00000133. The summed E-state index contributed by atoms with van der Waals surface area (Å²) < 4.78 is 0. The lowest BCUT2D eigenvalue weighted by Gasteiger charge is -2.20. The van der Waals surface area contributed by atoms with Crippen molar-refractivity contribution in [1.82, 2.24) is 4.90 Å². The molecule has 0 saturated heterocycles. The van der Waals surface area contributed by atoms with Gasteiger partial charge in [-0.1, -0.05) is 29.8 Å². The maximum absolute atomic E-state index is 6.23. The van der Waals surface area contributed by atoms with Crippen molar-refractivity contribution < 1.29 is 0 Å². The third-order valence-corrected chi connectivity index (χ3v) is 4.93. The highest BCUT2D eigenvalue weighted by molar-refractivity contribution is 7.10. The maximum Gasteiger partial charge on any atom is 0.0451 e. The van der Waals surface area contributed by atoms with E-state index in [0.29, 0.717) is 0 Å². The van der Waals surface area contributed by atoms with Crippen LogP contribution in [0.25, 0.3) is 0 Å². The van der Waals surface area contributed by atoms with Crippen molar-refractivity contribution in [2.75, 3.05) is 13.1 Å². The van der Waals surface area contributed by atoms with Gasteiger partial charge in [0.15, 0.2) is 0 Å². The van der Waals surface area contributed by atoms with Gasteiger partial charge in [0.2, 0.25) is 0 Å². The first-order valence-corrected chi connectivity index (χ1v) is 7.60. The predicted octanol–water partition coefficient (Wildman–Crippen LogP) is 4.42. The zero-order chi connectivity index (χ0) is 12.4. The van der Waals surface area contributed by atoms with E-state index in [2.05, 4.69) is 28.5 Å². The van der Waals surface area contributed by atoms with Crippen LogP contribution in [-0.2, 0) is 19.4 Å². The fourth-order valence-corrected chi connectivity index (χ4v) is 3.61. The molecule has 1 aliphatic rings. The van der Waals surface area contributed by atoms with Gasteiger partial charge in [0.05, 0.1) is 0 Å². The molecule has 0 radical (unpaired) electrons. The Hall–Kier alpha value is -0.540. The van der Waals surface area contributed by atoms with E-state index in [0.717, 1.165) is 24.7 Å². The molecule has 0 spiro atoms. The van der Waals surface area contributed by atoms with Crippen LogP contribution in [0.3, 0.4) is 0 Å². The van der Waals surface area contributed by atoms with E-state index in [1.165, 1.54) is 18.4 Å². The highest BCUT2D eigenvalue weighted by Gasteiger charge is 2.15. The van der Waals surface area contributed by atoms with Gasteiger partial charge in [-0.3, -0.25) is 4.90 Å². The van der Waals surface area contributed by atoms with Crippen molar-refractivity contribution >= 4 is 35.3 Å². The van der Waals surface area contributed by atoms with Crippen molar-refractivity contribution in [3.63, 3.8) is 0 Å². The first-order valence-electron chi connectivity index (χ1n) is 6.34. The van der Waals surface area contributed by atoms with E-state index in [1.807, 2.05) is 23.5 Å². The lowest BCUT2D eigenvalue weighted by atomic mass is 10.2. The monoisotopic (exact) mass is 313 g/mol. The Labute approximate surface area is 129 Å². The molecule has 102 valence electrons. The predicted molar refractivity (Wildman–Crippen MR) is 85.7 cm³/mol. The van der Waals surface area contributed by atoms with Crippen LogP contribution in [0, 0.1) is 0 Å². The number of rotatable bonds is 2. The zero-order valence-electron chi connectivity index (χ0n) is 10.6.